The lowest BCUT2D eigenvalue weighted by Crippen LogP contribution is -2.61. The molecule has 0 radical (unpaired) electrons. The summed E-state index contributed by atoms with van der Waals surface area (Å²) in [6, 6.07) is -0.0446. The van der Waals surface area contributed by atoms with Crippen molar-refractivity contribution in [2.75, 3.05) is 13.1 Å². The van der Waals surface area contributed by atoms with Gasteiger partial charge in [-0.2, -0.15) is 0 Å². The molecule has 1 heterocycles. The molecule has 0 aromatic carbocycles. The first kappa shape index (κ1) is 28.0. The fraction of sp³-hybridized carbons (Fsp3) is 0.958. The molecular weight excluding hydrogens is 440 g/mol. The third-order valence-corrected chi connectivity index (χ3v) is 13.5. The van der Waals surface area contributed by atoms with Crippen LogP contribution in [0.1, 0.15) is 88.0 Å². The molecule has 1 amide bonds. The van der Waals surface area contributed by atoms with Crippen molar-refractivity contribution in [3.8, 4) is 0 Å². The third kappa shape index (κ3) is 6.87. The molecule has 1 N–H and O–H groups in total. The van der Waals surface area contributed by atoms with E-state index in [4.69, 9.17) is 9.16 Å². The number of likely N-dealkylation sites (tertiary alicyclic amines) is 1. The molecule has 3 unspecified atom stereocenters. The van der Waals surface area contributed by atoms with Gasteiger partial charge in [0, 0.05) is 30.6 Å². The largest absolute Gasteiger partial charge is 0.598 e. The van der Waals surface area contributed by atoms with E-state index >= 15 is 0 Å². The zero-order chi connectivity index (χ0) is 24.8. The number of nitrogens with zero attached hydrogens (tertiary/aromatic N) is 1. The van der Waals surface area contributed by atoms with E-state index in [9.17, 15) is 9.35 Å². The van der Waals surface area contributed by atoms with Crippen LogP contribution in [0.15, 0.2) is 0 Å². The summed E-state index contributed by atoms with van der Waals surface area (Å²) in [6.45, 7) is 24.3. The van der Waals surface area contributed by atoms with Crippen molar-refractivity contribution in [2.45, 2.75) is 129 Å². The number of amides is 1. The van der Waals surface area contributed by atoms with E-state index in [1.807, 2.05) is 41.5 Å². The van der Waals surface area contributed by atoms with Gasteiger partial charge in [-0.1, -0.05) is 20.8 Å². The molecule has 0 bridgehead atoms. The Labute approximate surface area is 201 Å². The van der Waals surface area contributed by atoms with Crippen molar-refractivity contribution >= 4 is 25.8 Å². The smallest absolute Gasteiger partial charge is 0.410 e. The quantitative estimate of drug-likeness (QED) is 0.411. The Balaban J connectivity index is 2.20. The molecule has 1 aliphatic heterocycles. The number of hydrogen-bond acceptors (Lipinski definition) is 5. The van der Waals surface area contributed by atoms with Crippen LogP contribution in [0.4, 0.5) is 4.79 Å². The van der Waals surface area contributed by atoms with Crippen molar-refractivity contribution in [1.29, 1.82) is 0 Å². The van der Waals surface area contributed by atoms with Crippen LogP contribution in [0.2, 0.25) is 18.1 Å². The van der Waals surface area contributed by atoms with Gasteiger partial charge in [0.25, 0.3) is 0 Å². The molecule has 8 heteroatoms. The highest BCUT2D eigenvalue weighted by molar-refractivity contribution is 7.90. The lowest BCUT2D eigenvalue weighted by atomic mass is 9.73. The molecule has 1 spiro atoms. The zero-order valence-corrected chi connectivity index (χ0v) is 24.2. The van der Waals surface area contributed by atoms with Crippen molar-refractivity contribution in [3.63, 3.8) is 0 Å². The van der Waals surface area contributed by atoms with Crippen LogP contribution in [0.5, 0.6) is 0 Å². The number of carbonyl (C=O) groups excluding carboxylic acids is 1. The Morgan fingerprint density at radius 2 is 1.69 bits per heavy atom. The Morgan fingerprint density at radius 1 is 1.09 bits per heavy atom. The molecular formula is C24H48N2O4SSi. The van der Waals surface area contributed by atoms with Crippen molar-refractivity contribution in [2.24, 2.45) is 5.41 Å². The second-order valence-electron chi connectivity index (χ2n) is 13.3. The molecule has 32 heavy (non-hydrogen) atoms. The van der Waals surface area contributed by atoms with Crippen molar-refractivity contribution in [1.82, 2.24) is 9.62 Å². The number of piperidine rings is 1. The maximum atomic E-state index is 13.1. The van der Waals surface area contributed by atoms with Crippen LogP contribution in [0, 0.1) is 5.41 Å². The van der Waals surface area contributed by atoms with Crippen LogP contribution in [-0.4, -0.2) is 59.4 Å². The number of ether oxygens (including phenoxy) is 1. The SMILES string of the molecule is CC(C)(C)OC(=O)N1CCC2(CCC(O[Si](C)(C)C(C)(C)C)C2)C(N[S@+]([O-])C(C)(C)C)C1. The molecule has 2 aliphatic rings. The number of rotatable bonds is 4. The Kier molecular flexibility index (Phi) is 8.21. The topological polar surface area (TPSA) is 73.9 Å². The van der Waals surface area contributed by atoms with Gasteiger partial charge in [-0.05, 0) is 90.8 Å². The van der Waals surface area contributed by atoms with Gasteiger partial charge in [-0.3, -0.25) is 0 Å². The highest BCUT2D eigenvalue weighted by Crippen LogP contribution is 2.50. The van der Waals surface area contributed by atoms with Gasteiger partial charge in [0.05, 0.1) is 6.04 Å². The maximum Gasteiger partial charge on any atom is 0.410 e. The summed E-state index contributed by atoms with van der Waals surface area (Å²) in [5, 5.41) is 0.175. The maximum absolute atomic E-state index is 13.1. The van der Waals surface area contributed by atoms with E-state index in [2.05, 4.69) is 38.6 Å². The minimum absolute atomic E-state index is 0.00749. The summed E-state index contributed by atoms with van der Waals surface area (Å²) in [5.74, 6) is 0. The predicted octanol–water partition coefficient (Wildman–Crippen LogP) is 5.61. The monoisotopic (exact) mass is 488 g/mol. The number of nitrogens with one attached hydrogen (secondary N) is 1. The first-order valence-electron chi connectivity index (χ1n) is 12.1. The van der Waals surface area contributed by atoms with E-state index in [0.717, 1.165) is 25.7 Å². The first-order valence-corrected chi connectivity index (χ1v) is 16.2. The summed E-state index contributed by atoms with van der Waals surface area (Å²) in [4.78, 5) is 14.6. The summed E-state index contributed by atoms with van der Waals surface area (Å²) >= 11 is -1.21. The van der Waals surface area contributed by atoms with E-state index in [1.54, 1.807) is 4.90 Å². The van der Waals surface area contributed by atoms with Gasteiger partial charge < -0.3 is 18.6 Å². The first-order chi connectivity index (χ1) is 14.3. The van der Waals surface area contributed by atoms with E-state index < -0.39 is 25.3 Å². The zero-order valence-electron chi connectivity index (χ0n) is 22.4. The van der Waals surface area contributed by atoms with Crippen LogP contribution >= 0.6 is 0 Å². The van der Waals surface area contributed by atoms with Gasteiger partial charge in [-0.25, -0.2) is 4.79 Å². The molecule has 0 aromatic rings. The minimum Gasteiger partial charge on any atom is -0.598 e. The van der Waals surface area contributed by atoms with Gasteiger partial charge in [0.2, 0.25) is 0 Å². The second kappa shape index (κ2) is 9.40. The third-order valence-electron chi connectivity index (χ3n) is 7.34. The summed E-state index contributed by atoms with van der Waals surface area (Å²) in [6.07, 6.45) is 3.85. The van der Waals surface area contributed by atoms with E-state index in [1.165, 1.54) is 0 Å². The lowest BCUT2D eigenvalue weighted by Gasteiger charge is -2.47. The normalized spacial score (nSPS) is 28.8. The molecule has 1 saturated carbocycles. The fourth-order valence-corrected chi connectivity index (χ4v) is 6.67. The van der Waals surface area contributed by atoms with Crippen LogP contribution < -0.4 is 4.72 Å². The molecule has 188 valence electrons. The lowest BCUT2D eigenvalue weighted by molar-refractivity contribution is 0.00180. The molecule has 0 aromatic heterocycles. The molecule has 1 aliphatic carbocycles. The standard InChI is InChI=1S/C24H48N2O4SSi/c1-21(2,3)29-20(27)26-15-14-24(19(17-26)25-31(28)22(4,5)6)13-12-18(16-24)30-32(10,11)23(7,8)9/h18-19,25H,12-17H2,1-11H3/t18?,19?,24?,31-/m1/s1. The Hall–Kier alpha value is -0.283. The minimum atomic E-state index is -1.86. The Morgan fingerprint density at radius 3 is 2.19 bits per heavy atom. The van der Waals surface area contributed by atoms with Crippen LogP contribution in [0.25, 0.3) is 0 Å². The van der Waals surface area contributed by atoms with Gasteiger partial charge in [0.1, 0.15) is 10.3 Å². The van der Waals surface area contributed by atoms with Crippen LogP contribution in [-0.2, 0) is 20.5 Å². The fourth-order valence-electron chi connectivity index (χ4n) is 4.34. The van der Waals surface area contributed by atoms with Crippen molar-refractivity contribution in [3.05, 3.63) is 0 Å². The molecule has 2 rings (SSSR count). The van der Waals surface area contributed by atoms with E-state index in [-0.39, 0.29) is 33.4 Å². The average molecular weight is 489 g/mol. The molecule has 1 saturated heterocycles. The van der Waals surface area contributed by atoms with Crippen LogP contribution in [0.3, 0.4) is 0 Å². The Bertz CT molecular complexity index is 668. The predicted molar refractivity (Wildman–Crippen MR) is 136 cm³/mol. The highest BCUT2D eigenvalue weighted by atomic mass is 32.2. The summed E-state index contributed by atoms with van der Waals surface area (Å²) < 4.78 is 28.5. The molecule has 4 atom stereocenters. The average Bonchev–Trinajstić information content (AvgIpc) is 2.96. The summed E-state index contributed by atoms with van der Waals surface area (Å²) in [5.41, 5.74) is -0.536. The highest BCUT2D eigenvalue weighted by Gasteiger charge is 2.53. The van der Waals surface area contributed by atoms with E-state index in [0.29, 0.717) is 13.1 Å². The molecule has 6 nitrogen and oxygen atoms in total. The van der Waals surface area contributed by atoms with Crippen molar-refractivity contribution < 1.29 is 18.5 Å². The van der Waals surface area contributed by atoms with Gasteiger partial charge in [0.15, 0.2) is 8.32 Å². The number of hydrogen-bond donors (Lipinski definition) is 1. The van der Waals surface area contributed by atoms with Gasteiger partial charge in [-0.15, -0.1) is 4.72 Å². The van der Waals surface area contributed by atoms with Gasteiger partial charge >= 0.3 is 6.09 Å². The molecule has 2 fully saturated rings. The number of carbonyl (C=O) groups is 1. The summed E-state index contributed by atoms with van der Waals surface area (Å²) in [7, 11) is -1.86. The second-order valence-corrected chi connectivity index (χ2v) is 20.1.